The van der Waals surface area contributed by atoms with Crippen molar-refractivity contribution in [1.82, 2.24) is 0 Å². The Morgan fingerprint density at radius 1 is 1.21 bits per heavy atom. The number of carbonyl (C=O) groups is 1. The number of amides is 2. The number of fused-ring (bicyclic) bond motifs is 1. The summed E-state index contributed by atoms with van der Waals surface area (Å²) in [5, 5.41) is 5.47. The zero-order valence-corrected chi connectivity index (χ0v) is 17.2. The van der Waals surface area contributed by atoms with Gasteiger partial charge in [-0.05, 0) is 37.6 Å². The number of hydrogen-bond donors (Lipinski definition) is 2. The smallest absolute Gasteiger partial charge is 0.389 e. The molecule has 0 aromatic heterocycles. The number of hydrogen-bond acceptors (Lipinski definition) is 2. The number of carbonyl (C=O) groups excluding carboxylic acids is 1. The summed E-state index contributed by atoms with van der Waals surface area (Å²) in [6.45, 7) is 2.16. The molecular formula is C21H20BrF3N2O2. The molecule has 0 saturated heterocycles. The number of aryl methyl sites for hydroxylation is 1. The van der Waals surface area contributed by atoms with Gasteiger partial charge in [-0.25, -0.2) is 4.79 Å². The van der Waals surface area contributed by atoms with Crippen molar-refractivity contribution in [3.63, 3.8) is 0 Å². The van der Waals surface area contributed by atoms with Crippen LogP contribution in [-0.2, 0) is 0 Å². The molecule has 0 unspecified atom stereocenters. The molecule has 0 radical (unpaired) electrons. The van der Waals surface area contributed by atoms with E-state index in [1.165, 1.54) is 0 Å². The number of rotatable bonds is 4. The van der Waals surface area contributed by atoms with Crippen molar-refractivity contribution in [3.05, 3.63) is 64.1 Å². The van der Waals surface area contributed by atoms with Gasteiger partial charge >= 0.3 is 12.2 Å². The van der Waals surface area contributed by atoms with Gasteiger partial charge in [0.1, 0.15) is 12.4 Å². The molecular weight excluding hydrogens is 449 g/mol. The molecule has 3 rings (SSSR count). The molecule has 0 saturated carbocycles. The van der Waals surface area contributed by atoms with Crippen LogP contribution in [0.15, 0.2) is 53.0 Å². The molecule has 1 aliphatic heterocycles. The molecule has 0 fully saturated rings. The maximum absolute atomic E-state index is 12.7. The first-order valence-corrected chi connectivity index (χ1v) is 9.85. The lowest BCUT2D eigenvalue weighted by atomic mass is 9.92. The zero-order valence-electron chi connectivity index (χ0n) is 15.6. The second-order valence-electron chi connectivity index (χ2n) is 6.82. The fraction of sp³-hybridized carbons (Fsp3) is 0.286. The van der Waals surface area contributed by atoms with Crippen molar-refractivity contribution in [3.8, 4) is 5.75 Å². The molecule has 0 aliphatic carbocycles. The molecule has 29 heavy (non-hydrogen) atoms. The van der Waals surface area contributed by atoms with E-state index in [1.807, 2.05) is 19.1 Å². The van der Waals surface area contributed by atoms with E-state index in [0.29, 0.717) is 27.2 Å². The quantitative estimate of drug-likeness (QED) is 0.486. The van der Waals surface area contributed by atoms with Gasteiger partial charge in [-0.2, -0.15) is 13.2 Å². The number of ether oxygens (including phenoxy) is 1. The van der Waals surface area contributed by atoms with Gasteiger partial charge in [0.2, 0.25) is 0 Å². The number of benzene rings is 2. The van der Waals surface area contributed by atoms with Crippen molar-refractivity contribution in [2.24, 2.45) is 0 Å². The Hall–Kier alpha value is -2.48. The molecule has 2 amide bonds. The number of alkyl halides is 3. The third-order valence-electron chi connectivity index (χ3n) is 4.47. The SMILES string of the molecule is Cc1ccc(NC(=O)Nc2cc(Br)cc3c2OCC=C[C@H]3CCC(F)(F)F)cc1. The third kappa shape index (κ3) is 6.00. The Bertz CT molecular complexity index is 911. The van der Waals surface area contributed by atoms with Gasteiger partial charge in [-0.1, -0.05) is 45.8 Å². The number of urea groups is 1. The summed E-state index contributed by atoms with van der Waals surface area (Å²) in [5.74, 6) is -0.0863. The van der Waals surface area contributed by atoms with E-state index < -0.39 is 24.5 Å². The Morgan fingerprint density at radius 3 is 2.62 bits per heavy atom. The fourth-order valence-electron chi connectivity index (χ4n) is 3.09. The van der Waals surface area contributed by atoms with Gasteiger partial charge < -0.3 is 15.4 Å². The minimum absolute atomic E-state index is 0.0954. The first kappa shape index (κ1) is 21.2. The van der Waals surface area contributed by atoms with E-state index in [1.54, 1.807) is 36.4 Å². The summed E-state index contributed by atoms with van der Waals surface area (Å²) in [5.41, 5.74) is 2.68. The van der Waals surface area contributed by atoms with Crippen LogP contribution >= 0.6 is 15.9 Å². The number of nitrogens with one attached hydrogen (secondary N) is 2. The Morgan fingerprint density at radius 2 is 1.93 bits per heavy atom. The van der Waals surface area contributed by atoms with Gasteiger partial charge in [0.25, 0.3) is 0 Å². The van der Waals surface area contributed by atoms with Crippen LogP contribution in [0.2, 0.25) is 0 Å². The lowest BCUT2D eigenvalue weighted by Crippen LogP contribution is -2.20. The highest BCUT2D eigenvalue weighted by Crippen LogP contribution is 2.42. The lowest BCUT2D eigenvalue weighted by molar-refractivity contribution is -0.135. The Balaban J connectivity index is 1.82. The Kier molecular flexibility index (Phi) is 6.52. The van der Waals surface area contributed by atoms with E-state index in [0.717, 1.165) is 5.56 Å². The van der Waals surface area contributed by atoms with E-state index in [4.69, 9.17) is 4.74 Å². The monoisotopic (exact) mass is 468 g/mol. The number of halogens is 4. The predicted molar refractivity (Wildman–Crippen MR) is 111 cm³/mol. The topological polar surface area (TPSA) is 50.4 Å². The average Bonchev–Trinajstić information content (AvgIpc) is 2.83. The summed E-state index contributed by atoms with van der Waals surface area (Å²) in [4.78, 5) is 12.4. The Labute approximate surface area is 175 Å². The van der Waals surface area contributed by atoms with Crippen molar-refractivity contribution < 1.29 is 22.7 Å². The summed E-state index contributed by atoms with van der Waals surface area (Å²) in [6, 6.07) is 10.2. The van der Waals surface area contributed by atoms with Gasteiger partial charge in [0, 0.05) is 28.1 Å². The summed E-state index contributed by atoms with van der Waals surface area (Å²) >= 11 is 3.38. The first-order valence-electron chi connectivity index (χ1n) is 9.05. The largest absolute Gasteiger partial charge is 0.487 e. The number of anilines is 2. The standard InChI is InChI=1S/C21H20BrF3N2O2/c1-13-4-6-16(7-5-13)26-20(28)27-18-12-15(22)11-17-14(8-9-21(23,24)25)3-2-10-29-19(17)18/h2-7,11-12,14H,8-10H2,1H3,(H2,26,27,28)/t14-/m0/s1. The summed E-state index contributed by atoms with van der Waals surface area (Å²) in [6.07, 6.45) is -1.81. The van der Waals surface area contributed by atoms with Gasteiger partial charge in [0.15, 0.2) is 0 Å². The lowest BCUT2D eigenvalue weighted by Gasteiger charge is -2.20. The second kappa shape index (κ2) is 8.90. The van der Waals surface area contributed by atoms with E-state index in [-0.39, 0.29) is 13.0 Å². The molecule has 2 aromatic rings. The molecule has 1 heterocycles. The second-order valence-corrected chi connectivity index (χ2v) is 7.73. The van der Waals surface area contributed by atoms with Crippen molar-refractivity contribution in [2.75, 3.05) is 17.2 Å². The average molecular weight is 469 g/mol. The summed E-state index contributed by atoms with van der Waals surface area (Å²) < 4.78 is 44.5. The molecule has 154 valence electrons. The van der Waals surface area contributed by atoms with Crippen LogP contribution in [0, 0.1) is 6.92 Å². The van der Waals surface area contributed by atoms with Crippen LogP contribution in [0.1, 0.15) is 29.9 Å². The minimum Gasteiger partial charge on any atom is -0.487 e. The normalized spacial score (nSPS) is 15.8. The zero-order chi connectivity index (χ0) is 21.0. The van der Waals surface area contributed by atoms with E-state index in [9.17, 15) is 18.0 Å². The fourth-order valence-corrected chi connectivity index (χ4v) is 3.57. The maximum Gasteiger partial charge on any atom is 0.389 e. The van der Waals surface area contributed by atoms with Crippen LogP contribution in [-0.4, -0.2) is 18.8 Å². The minimum atomic E-state index is -4.23. The van der Waals surface area contributed by atoms with Crippen molar-refractivity contribution in [1.29, 1.82) is 0 Å². The highest BCUT2D eigenvalue weighted by atomic mass is 79.9. The predicted octanol–water partition coefficient (Wildman–Crippen LogP) is 6.78. The van der Waals surface area contributed by atoms with Crippen LogP contribution in [0.4, 0.5) is 29.3 Å². The van der Waals surface area contributed by atoms with Crippen LogP contribution < -0.4 is 15.4 Å². The van der Waals surface area contributed by atoms with Gasteiger partial charge in [-0.15, -0.1) is 0 Å². The van der Waals surface area contributed by atoms with Gasteiger partial charge in [0.05, 0.1) is 5.69 Å². The molecule has 2 N–H and O–H groups in total. The van der Waals surface area contributed by atoms with E-state index >= 15 is 0 Å². The highest BCUT2D eigenvalue weighted by molar-refractivity contribution is 9.10. The molecule has 4 nitrogen and oxygen atoms in total. The van der Waals surface area contributed by atoms with Crippen LogP contribution in [0.3, 0.4) is 0 Å². The van der Waals surface area contributed by atoms with Crippen molar-refractivity contribution in [2.45, 2.75) is 31.9 Å². The van der Waals surface area contributed by atoms with Gasteiger partial charge in [-0.3, -0.25) is 0 Å². The first-order chi connectivity index (χ1) is 13.7. The van der Waals surface area contributed by atoms with Crippen molar-refractivity contribution >= 4 is 33.3 Å². The van der Waals surface area contributed by atoms with Crippen LogP contribution in [0.5, 0.6) is 5.75 Å². The molecule has 1 atom stereocenters. The molecule has 2 aromatic carbocycles. The van der Waals surface area contributed by atoms with Crippen LogP contribution in [0.25, 0.3) is 0 Å². The number of allylic oxidation sites excluding steroid dienone is 1. The summed E-state index contributed by atoms with van der Waals surface area (Å²) in [7, 11) is 0. The molecule has 8 heteroatoms. The highest BCUT2D eigenvalue weighted by Gasteiger charge is 2.30. The molecule has 0 spiro atoms. The molecule has 1 aliphatic rings. The van der Waals surface area contributed by atoms with E-state index in [2.05, 4.69) is 26.6 Å². The maximum atomic E-state index is 12.7. The third-order valence-corrected chi connectivity index (χ3v) is 4.93. The molecule has 0 bridgehead atoms.